The summed E-state index contributed by atoms with van der Waals surface area (Å²) in [5.74, 6) is 1.02. The van der Waals surface area contributed by atoms with Gasteiger partial charge in [-0.3, -0.25) is 9.89 Å². The van der Waals surface area contributed by atoms with Crippen LogP contribution >= 0.6 is 11.6 Å². The second-order valence-electron chi connectivity index (χ2n) is 5.48. The van der Waals surface area contributed by atoms with Gasteiger partial charge in [0.15, 0.2) is 0 Å². The van der Waals surface area contributed by atoms with Crippen LogP contribution in [0.2, 0.25) is 5.02 Å². The van der Waals surface area contributed by atoms with Crippen LogP contribution in [0.15, 0.2) is 30.3 Å². The first-order valence-corrected chi connectivity index (χ1v) is 7.32. The first-order chi connectivity index (χ1) is 10.1. The van der Waals surface area contributed by atoms with Crippen LogP contribution in [0.25, 0.3) is 0 Å². The smallest absolute Gasteiger partial charge is 0.224 e. The van der Waals surface area contributed by atoms with Crippen LogP contribution in [0.1, 0.15) is 30.0 Å². The van der Waals surface area contributed by atoms with Crippen LogP contribution in [0.3, 0.4) is 0 Å². The summed E-state index contributed by atoms with van der Waals surface area (Å²) < 4.78 is 0. The number of aromatic nitrogens is 2. The number of benzene rings is 1. The summed E-state index contributed by atoms with van der Waals surface area (Å²) in [5, 5.41) is 10.6. The second-order valence-corrected chi connectivity index (χ2v) is 5.92. The van der Waals surface area contributed by atoms with Gasteiger partial charge in [0, 0.05) is 23.0 Å². The lowest BCUT2D eigenvalue weighted by Crippen LogP contribution is -2.44. The number of halogens is 1. The summed E-state index contributed by atoms with van der Waals surface area (Å²) in [7, 11) is 0. The van der Waals surface area contributed by atoms with Crippen LogP contribution in [0.5, 0.6) is 0 Å². The lowest BCUT2D eigenvalue weighted by atomic mass is 9.78. The maximum Gasteiger partial charge on any atom is 0.224 e. The van der Waals surface area contributed by atoms with Gasteiger partial charge in [-0.25, -0.2) is 0 Å². The van der Waals surface area contributed by atoms with Crippen LogP contribution in [0, 0.1) is 0 Å². The average molecular weight is 305 g/mol. The first-order valence-electron chi connectivity index (χ1n) is 6.95. The Morgan fingerprint density at radius 1 is 1.38 bits per heavy atom. The molecule has 1 fully saturated rings. The summed E-state index contributed by atoms with van der Waals surface area (Å²) in [6.45, 7) is 0. The van der Waals surface area contributed by atoms with Crippen molar-refractivity contribution in [2.45, 2.75) is 31.2 Å². The van der Waals surface area contributed by atoms with E-state index >= 15 is 0 Å². The standard InChI is InChI=1S/C15H17ClN4O/c16-11-3-1-9(2-4-11)5-15(21)18-12-6-10(7-12)13-8-14(17)20-19-13/h1-4,8,10,12H,5-7H2,(H,18,21)(H3,17,19,20)/t10-,12+. The van der Waals surface area contributed by atoms with Gasteiger partial charge in [0.25, 0.3) is 0 Å². The van der Waals surface area contributed by atoms with Crippen molar-refractivity contribution >= 4 is 23.3 Å². The summed E-state index contributed by atoms with van der Waals surface area (Å²) in [5.41, 5.74) is 7.56. The van der Waals surface area contributed by atoms with E-state index < -0.39 is 0 Å². The molecule has 0 atom stereocenters. The molecule has 6 heteroatoms. The van der Waals surface area contributed by atoms with Gasteiger partial charge < -0.3 is 11.1 Å². The number of H-pyrrole nitrogens is 1. The Hall–Kier alpha value is -2.01. The van der Waals surface area contributed by atoms with Gasteiger partial charge in [-0.1, -0.05) is 23.7 Å². The zero-order valence-electron chi connectivity index (χ0n) is 11.5. The van der Waals surface area contributed by atoms with E-state index in [1.807, 2.05) is 18.2 Å². The number of hydrogen-bond donors (Lipinski definition) is 3. The van der Waals surface area contributed by atoms with Gasteiger partial charge in [0.05, 0.1) is 12.1 Å². The molecule has 1 saturated carbocycles. The van der Waals surface area contributed by atoms with Gasteiger partial charge in [-0.15, -0.1) is 0 Å². The summed E-state index contributed by atoms with van der Waals surface area (Å²) in [6.07, 6.45) is 2.21. The van der Waals surface area contributed by atoms with Crippen molar-refractivity contribution < 1.29 is 4.79 Å². The third kappa shape index (κ3) is 3.36. The SMILES string of the molecule is Nc1cc([C@H]2C[C@@H](NC(=O)Cc3ccc(Cl)cc3)C2)n[nH]1. The highest BCUT2D eigenvalue weighted by Gasteiger charge is 2.32. The van der Waals surface area contributed by atoms with Gasteiger partial charge >= 0.3 is 0 Å². The number of carbonyl (C=O) groups is 1. The van der Waals surface area contributed by atoms with E-state index in [1.54, 1.807) is 12.1 Å². The van der Waals surface area contributed by atoms with E-state index in [0.29, 0.717) is 23.2 Å². The Morgan fingerprint density at radius 3 is 2.71 bits per heavy atom. The van der Waals surface area contributed by atoms with Crippen molar-refractivity contribution in [3.05, 3.63) is 46.6 Å². The van der Waals surface area contributed by atoms with E-state index in [2.05, 4.69) is 15.5 Å². The largest absolute Gasteiger partial charge is 0.384 e. The third-order valence-corrected chi connectivity index (χ3v) is 4.07. The fourth-order valence-electron chi connectivity index (χ4n) is 2.61. The zero-order valence-corrected chi connectivity index (χ0v) is 12.2. The van der Waals surface area contributed by atoms with Crippen molar-refractivity contribution in [1.82, 2.24) is 15.5 Å². The molecule has 0 aliphatic heterocycles. The molecule has 1 aliphatic rings. The molecule has 0 unspecified atom stereocenters. The lowest BCUT2D eigenvalue weighted by molar-refractivity contribution is -0.121. The van der Waals surface area contributed by atoms with E-state index in [0.717, 1.165) is 24.1 Å². The Kier molecular flexibility index (Phi) is 3.84. The predicted octanol–water partition coefficient (Wildman–Crippen LogP) is 2.25. The molecule has 0 saturated heterocycles. The minimum absolute atomic E-state index is 0.0438. The molecule has 1 aromatic heterocycles. The second kappa shape index (κ2) is 5.77. The van der Waals surface area contributed by atoms with Crippen molar-refractivity contribution in [2.24, 2.45) is 0 Å². The first kappa shape index (κ1) is 13.9. The molecular weight excluding hydrogens is 288 g/mol. The number of anilines is 1. The van der Waals surface area contributed by atoms with Crippen molar-refractivity contribution in [1.29, 1.82) is 0 Å². The summed E-state index contributed by atoms with van der Waals surface area (Å²) in [6, 6.07) is 9.43. The zero-order chi connectivity index (χ0) is 14.8. The summed E-state index contributed by atoms with van der Waals surface area (Å²) >= 11 is 5.82. The van der Waals surface area contributed by atoms with E-state index in [-0.39, 0.29) is 11.9 Å². The predicted molar refractivity (Wildman–Crippen MR) is 82.1 cm³/mol. The van der Waals surface area contributed by atoms with Gasteiger partial charge in [0.1, 0.15) is 5.82 Å². The summed E-state index contributed by atoms with van der Waals surface area (Å²) in [4.78, 5) is 12.0. The third-order valence-electron chi connectivity index (χ3n) is 3.82. The highest BCUT2D eigenvalue weighted by atomic mass is 35.5. The van der Waals surface area contributed by atoms with Gasteiger partial charge in [-0.2, -0.15) is 5.10 Å². The number of hydrogen-bond acceptors (Lipinski definition) is 3. The van der Waals surface area contributed by atoms with Gasteiger partial charge in [-0.05, 0) is 30.5 Å². The van der Waals surface area contributed by atoms with Crippen LogP contribution in [0.4, 0.5) is 5.82 Å². The molecule has 0 bridgehead atoms. The van der Waals surface area contributed by atoms with Crippen molar-refractivity contribution in [2.75, 3.05) is 5.73 Å². The maximum atomic E-state index is 12.0. The number of nitrogen functional groups attached to an aromatic ring is 1. The number of aromatic amines is 1. The quantitative estimate of drug-likeness (QED) is 0.810. The average Bonchev–Trinajstić information content (AvgIpc) is 2.82. The molecule has 1 amide bonds. The van der Waals surface area contributed by atoms with Gasteiger partial charge in [0.2, 0.25) is 5.91 Å². The fraction of sp³-hybridized carbons (Fsp3) is 0.333. The minimum atomic E-state index is 0.0438. The molecule has 0 spiro atoms. The molecule has 1 aliphatic carbocycles. The highest BCUT2D eigenvalue weighted by Crippen LogP contribution is 2.36. The molecule has 1 heterocycles. The Balaban J connectivity index is 1.46. The number of nitrogens with one attached hydrogen (secondary N) is 2. The van der Waals surface area contributed by atoms with E-state index in [1.165, 1.54) is 0 Å². The molecule has 21 heavy (non-hydrogen) atoms. The molecule has 4 N–H and O–H groups in total. The maximum absolute atomic E-state index is 12.0. The van der Waals surface area contributed by atoms with Crippen LogP contribution in [-0.4, -0.2) is 22.1 Å². The fourth-order valence-corrected chi connectivity index (χ4v) is 2.73. The Bertz CT molecular complexity index is 631. The lowest BCUT2D eigenvalue weighted by Gasteiger charge is -2.34. The normalized spacial score (nSPS) is 20.8. The number of amides is 1. The molecule has 1 aromatic carbocycles. The van der Waals surface area contributed by atoms with Crippen LogP contribution in [-0.2, 0) is 11.2 Å². The Morgan fingerprint density at radius 2 is 2.10 bits per heavy atom. The van der Waals surface area contributed by atoms with Crippen LogP contribution < -0.4 is 11.1 Å². The minimum Gasteiger partial charge on any atom is -0.384 e. The number of nitrogens with zero attached hydrogens (tertiary/aromatic N) is 1. The van der Waals surface area contributed by atoms with Crippen molar-refractivity contribution in [3.63, 3.8) is 0 Å². The number of rotatable bonds is 4. The number of carbonyl (C=O) groups excluding carboxylic acids is 1. The molecule has 0 radical (unpaired) electrons. The molecule has 110 valence electrons. The van der Waals surface area contributed by atoms with E-state index in [4.69, 9.17) is 17.3 Å². The topological polar surface area (TPSA) is 83.8 Å². The molecule has 2 aromatic rings. The van der Waals surface area contributed by atoms with Crippen molar-refractivity contribution in [3.8, 4) is 0 Å². The monoisotopic (exact) mass is 304 g/mol. The van der Waals surface area contributed by atoms with E-state index in [9.17, 15) is 4.79 Å². The molecular formula is C15H17ClN4O. The number of nitrogens with two attached hydrogens (primary N) is 1. The molecule has 5 nitrogen and oxygen atoms in total. The molecule has 3 rings (SSSR count). The highest BCUT2D eigenvalue weighted by molar-refractivity contribution is 6.30. The Labute approximate surface area is 127 Å².